The maximum Gasteiger partial charge on any atom is 0.405 e. The Kier molecular flexibility index (Phi) is 4.28. The van der Waals surface area contributed by atoms with E-state index in [-0.39, 0.29) is 17.6 Å². The summed E-state index contributed by atoms with van der Waals surface area (Å²) in [5.41, 5.74) is 1.71. The number of anilines is 1. The molecule has 0 unspecified atom stereocenters. The van der Waals surface area contributed by atoms with Crippen LogP contribution in [0.4, 0.5) is 19.0 Å². The van der Waals surface area contributed by atoms with E-state index in [2.05, 4.69) is 20.3 Å². The molecule has 0 spiro atoms. The number of carbonyl (C=O) groups excluding carboxylic acids is 2. The van der Waals surface area contributed by atoms with E-state index < -0.39 is 18.6 Å². The fourth-order valence-corrected chi connectivity index (χ4v) is 2.63. The molecule has 3 heterocycles. The molecule has 2 amide bonds. The van der Waals surface area contributed by atoms with Crippen molar-refractivity contribution in [3.05, 3.63) is 36.5 Å². The van der Waals surface area contributed by atoms with Gasteiger partial charge in [0.15, 0.2) is 11.6 Å². The van der Waals surface area contributed by atoms with E-state index in [1.54, 1.807) is 34.2 Å². The second kappa shape index (κ2) is 6.66. The molecule has 0 atom stereocenters. The van der Waals surface area contributed by atoms with E-state index in [0.29, 0.717) is 22.7 Å². The van der Waals surface area contributed by atoms with Crippen LogP contribution in [0.2, 0.25) is 0 Å². The third-order valence-electron chi connectivity index (χ3n) is 4.20. The first-order chi connectivity index (χ1) is 13.3. The highest BCUT2D eigenvalue weighted by molar-refractivity contribution is 5.93. The molecule has 3 aromatic rings. The maximum absolute atomic E-state index is 12.2. The average molecular weight is 392 g/mol. The summed E-state index contributed by atoms with van der Waals surface area (Å²) in [4.78, 5) is 34.4. The Bertz CT molecular complexity index is 1050. The molecule has 3 N–H and O–H groups in total. The summed E-state index contributed by atoms with van der Waals surface area (Å²) in [6.45, 7) is -1.43. The van der Waals surface area contributed by atoms with Crippen molar-refractivity contribution in [1.82, 2.24) is 24.7 Å². The summed E-state index contributed by atoms with van der Waals surface area (Å²) in [5.74, 6) is -0.718. The van der Waals surface area contributed by atoms with Gasteiger partial charge in [-0.2, -0.15) is 13.2 Å². The zero-order chi connectivity index (χ0) is 19.9. The highest BCUT2D eigenvalue weighted by Gasteiger charge is 2.30. The molecule has 0 radical (unpaired) electrons. The number of nitrogens with zero attached hydrogens (tertiary/aromatic N) is 3. The van der Waals surface area contributed by atoms with Crippen LogP contribution in [0.5, 0.6) is 0 Å². The van der Waals surface area contributed by atoms with Gasteiger partial charge in [0.25, 0.3) is 5.91 Å². The number of aromatic nitrogens is 4. The monoisotopic (exact) mass is 392 g/mol. The fourth-order valence-electron chi connectivity index (χ4n) is 2.63. The second-order valence-electron chi connectivity index (χ2n) is 6.52. The van der Waals surface area contributed by atoms with Gasteiger partial charge in [-0.3, -0.25) is 9.59 Å². The first-order valence-corrected chi connectivity index (χ1v) is 8.48. The van der Waals surface area contributed by atoms with E-state index in [9.17, 15) is 22.8 Å². The van der Waals surface area contributed by atoms with Crippen molar-refractivity contribution in [3.8, 4) is 11.3 Å². The van der Waals surface area contributed by atoms with Gasteiger partial charge < -0.3 is 20.0 Å². The van der Waals surface area contributed by atoms with Gasteiger partial charge in [-0.1, -0.05) is 0 Å². The Labute approximate surface area is 156 Å². The lowest BCUT2D eigenvalue weighted by Crippen LogP contribution is -2.34. The molecule has 1 aliphatic carbocycles. The molecule has 3 aromatic heterocycles. The van der Waals surface area contributed by atoms with Crippen LogP contribution in [-0.4, -0.2) is 43.9 Å². The number of fused-ring (bicyclic) bond motifs is 1. The van der Waals surface area contributed by atoms with E-state index in [1.807, 2.05) is 0 Å². The lowest BCUT2D eigenvalue weighted by Gasteiger charge is -2.06. The van der Waals surface area contributed by atoms with Crippen LogP contribution in [0.25, 0.3) is 16.9 Å². The number of alkyl halides is 3. The molecule has 1 aliphatic rings. The van der Waals surface area contributed by atoms with E-state index >= 15 is 0 Å². The minimum Gasteiger partial charge on any atom is -0.340 e. The molecular formula is C17H15F3N6O2. The Balaban J connectivity index is 1.50. The largest absolute Gasteiger partial charge is 0.405 e. The summed E-state index contributed by atoms with van der Waals surface area (Å²) in [6, 6.07) is 3.44. The molecule has 28 heavy (non-hydrogen) atoms. The molecule has 1 fully saturated rings. The number of aromatic amines is 1. The maximum atomic E-state index is 12.2. The highest BCUT2D eigenvalue weighted by atomic mass is 19.4. The van der Waals surface area contributed by atoms with Crippen LogP contribution in [0, 0.1) is 5.92 Å². The number of rotatable bonds is 5. The van der Waals surface area contributed by atoms with Gasteiger partial charge >= 0.3 is 6.18 Å². The summed E-state index contributed by atoms with van der Waals surface area (Å²) in [7, 11) is 0. The third-order valence-corrected chi connectivity index (χ3v) is 4.20. The molecule has 1 saturated carbocycles. The first-order valence-electron chi connectivity index (χ1n) is 8.48. The molecular weight excluding hydrogens is 377 g/mol. The zero-order valence-electron chi connectivity index (χ0n) is 14.4. The van der Waals surface area contributed by atoms with Crippen molar-refractivity contribution in [1.29, 1.82) is 0 Å². The number of hydrogen-bond donors (Lipinski definition) is 3. The Hall–Kier alpha value is -3.37. The number of pyridine rings is 1. The average Bonchev–Trinajstić information content (AvgIpc) is 3.23. The van der Waals surface area contributed by atoms with Crippen molar-refractivity contribution in [3.63, 3.8) is 0 Å². The van der Waals surface area contributed by atoms with Gasteiger partial charge in [0.2, 0.25) is 5.91 Å². The first kappa shape index (κ1) is 18.0. The topological polar surface area (TPSA) is 104 Å². The molecule has 4 rings (SSSR count). The minimum absolute atomic E-state index is 0.0493. The number of nitrogens with one attached hydrogen (secondary N) is 3. The molecule has 11 heteroatoms. The molecule has 146 valence electrons. The smallest absolute Gasteiger partial charge is 0.340 e. The van der Waals surface area contributed by atoms with Gasteiger partial charge in [-0.05, 0) is 25.0 Å². The second-order valence-corrected chi connectivity index (χ2v) is 6.52. The van der Waals surface area contributed by atoms with Crippen LogP contribution in [-0.2, 0) is 4.79 Å². The third kappa shape index (κ3) is 3.97. The van der Waals surface area contributed by atoms with E-state index in [0.717, 1.165) is 12.8 Å². The van der Waals surface area contributed by atoms with Crippen molar-refractivity contribution in [2.24, 2.45) is 5.92 Å². The van der Waals surface area contributed by atoms with Crippen molar-refractivity contribution in [2.45, 2.75) is 19.0 Å². The number of hydrogen-bond acceptors (Lipinski definition) is 4. The number of H-pyrrole nitrogens is 1. The lowest BCUT2D eigenvalue weighted by molar-refractivity contribution is -0.123. The molecule has 0 saturated heterocycles. The predicted octanol–water partition coefficient (Wildman–Crippen LogP) is 2.36. The number of amides is 2. The molecule has 0 aromatic carbocycles. The standard InChI is InChI=1S/C17H15F3N6O2/c18-17(19,20)8-22-16(28)14-21-5-11(23-14)10-3-4-13-24-12(7-26(13)6-10)25-15(27)9-1-2-9/h3-7,9H,1-2,8H2,(H,21,23)(H,22,28)(H,25,27). The van der Waals surface area contributed by atoms with Crippen LogP contribution < -0.4 is 10.6 Å². The lowest BCUT2D eigenvalue weighted by atomic mass is 10.2. The van der Waals surface area contributed by atoms with Crippen molar-refractivity contribution < 1.29 is 22.8 Å². The predicted molar refractivity (Wildman–Crippen MR) is 92.5 cm³/mol. The molecule has 0 bridgehead atoms. The van der Waals surface area contributed by atoms with Crippen LogP contribution in [0.15, 0.2) is 30.7 Å². The van der Waals surface area contributed by atoms with Crippen LogP contribution in [0.1, 0.15) is 23.5 Å². The SMILES string of the molecule is O=C(NCC(F)(F)F)c1ncc(-c2ccc3nc(NC(=O)C4CC4)cn3c2)[nH]1. The molecule has 0 aliphatic heterocycles. The van der Waals surface area contributed by atoms with Crippen LogP contribution >= 0.6 is 0 Å². The van der Waals surface area contributed by atoms with Crippen molar-refractivity contribution in [2.75, 3.05) is 11.9 Å². The van der Waals surface area contributed by atoms with Gasteiger partial charge in [-0.15, -0.1) is 0 Å². The number of halogens is 3. The highest BCUT2D eigenvalue weighted by Crippen LogP contribution is 2.30. The summed E-state index contributed by atoms with van der Waals surface area (Å²) in [6.07, 6.45) is 2.01. The minimum atomic E-state index is -4.50. The Morgan fingerprint density at radius 3 is 2.75 bits per heavy atom. The fraction of sp³-hybridized carbons (Fsp3) is 0.294. The molecule has 8 nitrogen and oxygen atoms in total. The summed E-state index contributed by atoms with van der Waals surface area (Å²) < 4.78 is 38.3. The van der Waals surface area contributed by atoms with Gasteiger partial charge in [0.05, 0.1) is 18.1 Å². The Morgan fingerprint density at radius 1 is 1.25 bits per heavy atom. The number of carbonyl (C=O) groups is 2. The Morgan fingerprint density at radius 2 is 2.04 bits per heavy atom. The quantitative estimate of drug-likeness (QED) is 0.620. The normalized spacial score (nSPS) is 14.2. The van der Waals surface area contributed by atoms with Crippen LogP contribution in [0.3, 0.4) is 0 Å². The van der Waals surface area contributed by atoms with E-state index in [4.69, 9.17) is 0 Å². The van der Waals surface area contributed by atoms with Gasteiger partial charge in [0.1, 0.15) is 12.2 Å². The number of imidazole rings is 2. The van der Waals surface area contributed by atoms with E-state index in [1.165, 1.54) is 6.20 Å². The van der Waals surface area contributed by atoms with Crippen molar-refractivity contribution >= 4 is 23.3 Å². The van der Waals surface area contributed by atoms with Gasteiger partial charge in [0, 0.05) is 17.7 Å². The van der Waals surface area contributed by atoms with Gasteiger partial charge in [-0.25, -0.2) is 9.97 Å². The summed E-state index contributed by atoms with van der Waals surface area (Å²) >= 11 is 0. The summed E-state index contributed by atoms with van der Waals surface area (Å²) in [5, 5.41) is 4.52. The zero-order valence-corrected chi connectivity index (χ0v) is 14.4.